The summed E-state index contributed by atoms with van der Waals surface area (Å²) in [6, 6.07) is 5.89. The van der Waals surface area contributed by atoms with E-state index in [2.05, 4.69) is 17.3 Å². The van der Waals surface area contributed by atoms with Gasteiger partial charge in [0.25, 0.3) is 0 Å². The predicted octanol–water partition coefficient (Wildman–Crippen LogP) is 1.94. The maximum Gasteiger partial charge on any atom is 0.240 e. The summed E-state index contributed by atoms with van der Waals surface area (Å²) in [5, 5.41) is 3.00. The summed E-state index contributed by atoms with van der Waals surface area (Å²) < 4.78 is 0. The van der Waals surface area contributed by atoms with Crippen molar-refractivity contribution < 1.29 is 4.79 Å². The van der Waals surface area contributed by atoms with Crippen LogP contribution in [0.5, 0.6) is 0 Å². The van der Waals surface area contributed by atoms with Crippen LogP contribution in [0.1, 0.15) is 32.3 Å². The Hall–Kier alpha value is -2.15. The van der Waals surface area contributed by atoms with E-state index in [0.29, 0.717) is 6.54 Å². The molecule has 1 aromatic carbocycles. The second kappa shape index (κ2) is 6.09. The molecule has 0 aliphatic carbocycles. The molecule has 4 nitrogen and oxygen atoms in total. The first kappa shape index (κ1) is 15.2. The van der Waals surface area contributed by atoms with Crippen LogP contribution in [0.2, 0.25) is 0 Å². The molecule has 0 aromatic heterocycles. The van der Waals surface area contributed by atoms with E-state index in [1.54, 1.807) is 0 Å². The molecule has 0 bridgehead atoms. The summed E-state index contributed by atoms with van der Waals surface area (Å²) in [4.78, 5) is 14.4. The Labute approximate surface area is 126 Å². The molecule has 1 heterocycles. The Morgan fingerprint density at radius 3 is 2.81 bits per heavy atom. The van der Waals surface area contributed by atoms with Gasteiger partial charge in [-0.25, -0.2) is 0 Å². The van der Waals surface area contributed by atoms with Crippen molar-refractivity contribution in [2.45, 2.75) is 38.6 Å². The number of para-hydroxylation sites is 1. The molecule has 0 saturated carbocycles. The molecule has 0 atom stereocenters. The minimum Gasteiger partial charge on any atom is -0.397 e. The van der Waals surface area contributed by atoms with Crippen molar-refractivity contribution in [3.63, 3.8) is 0 Å². The van der Waals surface area contributed by atoms with Crippen molar-refractivity contribution in [2.24, 2.45) is 0 Å². The molecule has 0 unspecified atom stereocenters. The molecule has 3 N–H and O–H groups in total. The minimum atomic E-state index is -0.540. The lowest BCUT2D eigenvalue weighted by Crippen LogP contribution is -2.50. The molecule has 0 radical (unpaired) electrons. The fourth-order valence-corrected chi connectivity index (χ4v) is 2.87. The topological polar surface area (TPSA) is 58.4 Å². The normalized spacial score (nSPS) is 13.7. The van der Waals surface area contributed by atoms with Gasteiger partial charge in [-0.2, -0.15) is 0 Å². The van der Waals surface area contributed by atoms with Gasteiger partial charge >= 0.3 is 0 Å². The quantitative estimate of drug-likeness (QED) is 0.642. The van der Waals surface area contributed by atoms with Crippen molar-refractivity contribution in [1.82, 2.24) is 5.32 Å². The molecule has 112 valence electrons. The number of rotatable bonds is 5. The number of anilines is 2. The second-order valence-electron chi connectivity index (χ2n) is 5.51. The molecule has 1 aliphatic rings. The standard InChI is InChI=1S/C17H23N3O/c1-4-17(5-2,6-3)19-15(21)12-20-11-10-13-8-7-9-14(18)16(13)20/h1,7-9H,5-6,10-12,18H2,2-3H3,(H,19,21). The van der Waals surface area contributed by atoms with Crippen molar-refractivity contribution in [3.05, 3.63) is 23.8 Å². The van der Waals surface area contributed by atoms with Crippen LogP contribution in [-0.2, 0) is 11.2 Å². The maximum absolute atomic E-state index is 12.3. The first-order valence-electron chi connectivity index (χ1n) is 7.46. The number of fused-ring (bicyclic) bond motifs is 1. The Morgan fingerprint density at radius 2 is 2.19 bits per heavy atom. The Kier molecular flexibility index (Phi) is 4.42. The zero-order chi connectivity index (χ0) is 15.5. The van der Waals surface area contributed by atoms with Crippen molar-refractivity contribution in [2.75, 3.05) is 23.7 Å². The smallest absolute Gasteiger partial charge is 0.240 e. The lowest BCUT2D eigenvalue weighted by atomic mass is 9.94. The van der Waals surface area contributed by atoms with E-state index in [0.717, 1.165) is 37.2 Å². The summed E-state index contributed by atoms with van der Waals surface area (Å²) in [6.45, 7) is 5.10. The van der Waals surface area contributed by atoms with Gasteiger partial charge < -0.3 is 16.0 Å². The number of nitrogen functional groups attached to an aromatic ring is 1. The first-order chi connectivity index (χ1) is 10.0. The van der Waals surface area contributed by atoms with E-state index in [4.69, 9.17) is 12.2 Å². The van der Waals surface area contributed by atoms with E-state index < -0.39 is 5.54 Å². The van der Waals surface area contributed by atoms with Crippen LogP contribution in [0.4, 0.5) is 11.4 Å². The van der Waals surface area contributed by atoms with Crippen LogP contribution >= 0.6 is 0 Å². The molecule has 0 spiro atoms. The highest BCUT2D eigenvalue weighted by Gasteiger charge is 2.28. The number of hydrogen-bond acceptors (Lipinski definition) is 3. The second-order valence-corrected chi connectivity index (χ2v) is 5.51. The van der Waals surface area contributed by atoms with E-state index in [1.165, 1.54) is 5.56 Å². The molecule has 2 rings (SSSR count). The third-order valence-corrected chi connectivity index (χ3v) is 4.31. The number of nitrogens with two attached hydrogens (primary N) is 1. The molecular formula is C17H23N3O. The predicted molar refractivity (Wildman–Crippen MR) is 87.1 cm³/mol. The van der Waals surface area contributed by atoms with Gasteiger partial charge in [-0.05, 0) is 30.9 Å². The van der Waals surface area contributed by atoms with Gasteiger partial charge in [-0.15, -0.1) is 6.42 Å². The number of nitrogens with zero attached hydrogens (tertiary/aromatic N) is 1. The number of terminal acetylenes is 1. The largest absolute Gasteiger partial charge is 0.397 e. The molecule has 21 heavy (non-hydrogen) atoms. The fraction of sp³-hybridized carbons (Fsp3) is 0.471. The minimum absolute atomic E-state index is 0.0484. The summed E-state index contributed by atoms with van der Waals surface area (Å²) in [5.74, 6) is 2.68. The zero-order valence-corrected chi connectivity index (χ0v) is 12.8. The van der Waals surface area contributed by atoms with Crippen molar-refractivity contribution in [3.8, 4) is 12.3 Å². The summed E-state index contributed by atoms with van der Waals surface area (Å²) >= 11 is 0. The highest BCUT2D eigenvalue weighted by Crippen LogP contribution is 2.33. The maximum atomic E-state index is 12.3. The van der Waals surface area contributed by atoms with Gasteiger partial charge in [-0.1, -0.05) is 31.9 Å². The van der Waals surface area contributed by atoms with Gasteiger partial charge in [0.1, 0.15) is 5.54 Å². The van der Waals surface area contributed by atoms with Crippen LogP contribution in [0.25, 0.3) is 0 Å². The average Bonchev–Trinajstić information content (AvgIpc) is 2.89. The van der Waals surface area contributed by atoms with Gasteiger partial charge in [0.15, 0.2) is 0 Å². The molecule has 4 heteroatoms. The fourth-order valence-electron chi connectivity index (χ4n) is 2.87. The molecular weight excluding hydrogens is 262 g/mol. The average molecular weight is 285 g/mol. The van der Waals surface area contributed by atoms with Crippen LogP contribution in [0.15, 0.2) is 18.2 Å². The molecule has 0 fully saturated rings. The van der Waals surface area contributed by atoms with Crippen LogP contribution in [0.3, 0.4) is 0 Å². The van der Waals surface area contributed by atoms with Gasteiger partial charge in [0.2, 0.25) is 5.91 Å². The van der Waals surface area contributed by atoms with E-state index in [-0.39, 0.29) is 5.91 Å². The number of benzene rings is 1. The number of hydrogen-bond donors (Lipinski definition) is 2. The SMILES string of the molecule is C#CC(CC)(CC)NC(=O)CN1CCc2cccc(N)c21. The highest BCUT2D eigenvalue weighted by atomic mass is 16.2. The molecule has 1 amide bonds. The first-order valence-corrected chi connectivity index (χ1v) is 7.46. The lowest BCUT2D eigenvalue weighted by Gasteiger charge is -2.29. The third-order valence-electron chi connectivity index (χ3n) is 4.31. The Balaban J connectivity index is 2.08. The van der Waals surface area contributed by atoms with Gasteiger partial charge in [-0.3, -0.25) is 4.79 Å². The molecule has 1 aromatic rings. The summed E-state index contributed by atoms with van der Waals surface area (Å²) in [5.41, 5.74) is 8.43. The number of carbonyl (C=O) groups is 1. The summed E-state index contributed by atoms with van der Waals surface area (Å²) in [6.07, 6.45) is 7.97. The third kappa shape index (κ3) is 2.97. The Bertz CT molecular complexity index is 570. The molecule has 1 aliphatic heterocycles. The highest BCUT2D eigenvalue weighted by molar-refractivity contribution is 5.85. The van der Waals surface area contributed by atoms with Crippen LogP contribution in [0, 0.1) is 12.3 Å². The van der Waals surface area contributed by atoms with Gasteiger partial charge in [0.05, 0.1) is 17.9 Å². The zero-order valence-electron chi connectivity index (χ0n) is 12.8. The monoisotopic (exact) mass is 285 g/mol. The molecule has 0 saturated heterocycles. The van der Waals surface area contributed by atoms with Crippen LogP contribution in [-0.4, -0.2) is 24.5 Å². The number of amides is 1. The number of nitrogens with one attached hydrogen (secondary N) is 1. The van der Waals surface area contributed by atoms with Crippen molar-refractivity contribution >= 4 is 17.3 Å². The van der Waals surface area contributed by atoms with E-state index in [1.807, 2.05) is 30.9 Å². The number of carbonyl (C=O) groups excluding carboxylic acids is 1. The Morgan fingerprint density at radius 1 is 1.48 bits per heavy atom. The summed E-state index contributed by atoms with van der Waals surface area (Å²) in [7, 11) is 0. The van der Waals surface area contributed by atoms with E-state index >= 15 is 0 Å². The van der Waals surface area contributed by atoms with Crippen molar-refractivity contribution in [1.29, 1.82) is 0 Å². The lowest BCUT2D eigenvalue weighted by molar-refractivity contribution is -0.121. The van der Waals surface area contributed by atoms with E-state index in [9.17, 15) is 4.79 Å². The van der Waals surface area contributed by atoms with Crippen LogP contribution < -0.4 is 16.0 Å². The van der Waals surface area contributed by atoms with Gasteiger partial charge in [0, 0.05) is 6.54 Å².